The van der Waals surface area contributed by atoms with E-state index in [0.717, 1.165) is 48.3 Å². The maximum atomic E-state index is 12.9. The summed E-state index contributed by atoms with van der Waals surface area (Å²) in [6.45, 7) is 0.792. The van der Waals surface area contributed by atoms with E-state index in [4.69, 9.17) is 4.74 Å². The first kappa shape index (κ1) is 21.0. The van der Waals surface area contributed by atoms with Gasteiger partial charge in [-0.15, -0.1) is 0 Å². The molecule has 0 saturated heterocycles. The predicted octanol–water partition coefficient (Wildman–Crippen LogP) is 4.47. The van der Waals surface area contributed by atoms with E-state index in [0.29, 0.717) is 25.1 Å². The van der Waals surface area contributed by atoms with Gasteiger partial charge in [0.2, 0.25) is 5.91 Å². The topological polar surface area (TPSA) is 67.4 Å². The van der Waals surface area contributed by atoms with Gasteiger partial charge in [-0.3, -0.25) is 9.59 Å². The molecule has 0 spiro atoms. The van der Waals surface area contributed by atoms with Gasteiger partial charge in [0.25, 0.3) is 5.91 Å². The van der Waals surface area contributed by atoms with Gasteiger partial charge in [0.05, 0.1) is 13.0 Å². The third-order valence-corrected chi connectivity index (χ3v) is 7.46. The van der Waals surface area contributed by atoms with Crippen LogP contribution in [0.25, 0.3) is 0 Å². The van der Waals surface area contributed by atoms with Crippen molar-refractivity contribution in [3.8, 4) is 5.75 Å². The highest BCUT2D eigenvalue weighted by atomic mass is 16.5. The fourth-order valence-electron chi connectivity index (χ4n) is 6.42. The largest absolute Gasteiger partial charge is 0.493 e. The lowest BCUT2D eigenvalue weighted by Gasteiger charge is -2.56. The first-order valence-electron chi connectivity index (χ1n) is 11.9. The number of carbonyl (C=O) groups is 2. The summed E-state index contributed by atoms with van der Waals surface area (Å²) in [6.07, 6.45) is 7.88. The molecule has 4 fully saturated rings. The molecule has 0 heterocycles. The zero-order valence-corrected chi connectivity index (χ0v) is 18.5. The molecule has 6 rings (SSSR count). The highest BCUT2D eigenvalue weighted by Gasteiger charge is 2.51. The molecular weight excluding hydrogens is 400 g/mol. The van der Waals surface area contributed by atoms with Crippen LogP contribution in [-0.2, 0) is 11.3 Å². The number of ether oxygens (including phenoxy) is 1. The van der Waals surface area contributed by atoms with Crippen LogP contribution in [0.5, 0.6) is 5.75 Å². The zero-order chi connectivity index (χ0) is 22.0. The van der Waals surface area contributed by atoms with Crippen LogP contribution in [0.15, 0.2) is 54.6 Å². The van der Waals surface area contributed by atoms with Crippen LogP contribution in [0.4, 0.5) is 0 Å². The summed E-state index contributed by atoms with van der Waals surface area (Å²) < 4.78 is 5.57. The van der Waals surface area contributed by atoms with Gasteiger partial charge in [-0.2, -0.15) is 0 Å². The molecular formula is C27H32N2O3. The minimum atomic E-state index is -0.0513. The van der Waals surface area contributed by atoms with Crippen molar-refractivity contribution in [2.75, 3.05) is 6.61 Å². The number of para-hydroxylation sites is 1. The molecule has 4 aliphatic carbocycles. The third kappa shape index (κ3) is 4.82. The molecule has 168 valence electrons. The van der Waals surface area contributed by atoms with Crippen LogP contribution in [-0.4, -0.2) is 24.0 Å². The first-order valence-corrected chi connectivity index (χ1v) is 11.9. The number of rotatable bonds is 8. The fraction of sp³-hybridized carbons (Fsp3) is 0.481. The lowest BCUT2D eigenvalue weighted by Crippen LogP contribution is -2.59. The predicted molar refractivity (Wildman–Crippen MR) is 123 cm³/mol. The van der Waals surface area contributed by atoms with E-state index in [1.54, 1.807) is 0 Å². The van der Waals surface area contributed by atoms with Crippen molar-refractivity contribution in [1.82, 2.24) is 10.6 Å². The van der Waals surface area contributed by atoms with Crippen molar-refractivity contribution in [3.05, 3.63) is 65.7 Å². The van der Waals surface area contributed by atoms with Crippen molar-refractivity contribution >= 4 is 11.8 Å². The number of hydrogen-bond donors (Lipinski definition) is 2. The summed E-state index contributed by atoms with van der Waals surface area (Å²) >= 11 is 0. The van der Waals surface area contributed by atoms with Gasteiger partial charge >= 0.3 is 0 Å². The molecule has 0 aliphatic heterocycles. The molecule has 2 aromatic carbocycles. The Morgan fingerprint density at radius 3 is 2.12 bits per heavy atom. The maximum absolute atomic E-state index is 12.9. The zero-order valence-electron chi connectivity index (χ0n) is 18.5. The summed E-state index contributed by atoms with van der Waals surface area (Å²) in [6, 6.07) is 17.1. The van der Waals surface area contributed by atoms with Crippen molar-refractivity contribution in [3.63, 3.8) is 0 Å². The molecule has 4 saturated carbocycles. The lowest BCUT2D eigenvalue weighted by molar-refractivity contribution is -0.121. The maximum Gasteiger partial charge on any atom is 0.251 e. The Balaban J connectivity index is 1.08. The monoisotopic (exact) mass is 432 g/mol. The summed E-state index contributed by atoms with van der Waals surface area (Å²) in [5.74, 6) is 3.19. The Kier molecular flexibility index (Phi) is 5.90. The average Bonchev–Trinajstić information content (AvgIpc) is 2.77. The Bertz CT molecular complexity index is 919. The van der Waals surface area contributed by atoms with E-state index in [-0.39, 0.29) is 17.4 Å². The number of hydrogen-bond acceptors (Lipinski definition) is 3. The van der Waals surface area contributed by atoms with E-state index in [1.807, 2.05) is 54.6 Å². The second-order valence-corrected chi connectivity index (χ2v) is 10.0. The van der Waals surface area contributed by atoms with E-state index in [1.165, 1.54) is 19.3 Å². The molecule has 0 unspecified atom stereocenters. The molecule has 4 aliphatic rings. The van der Waals surface area contributed by atoms with Gasteiger partial charge in [0, 0.05) is 17.6 Å². The van der Waals surface area contributed by atoms with Crippen molar-refractivity contribution < 1.29 is 14.3 Å². The molecule has 2 aromatic rings. The summed E-state index contributed by atoms with van der Waals surface area (Å²) in [5.41, 5.74) is 1.71. The van der Waals surface area contributed by atoms with Gasteiger partial charge in [-0.05, 0) is 86.1 Å². The van der Waals surface area contributed by atoms with Crippen LogP contribution in [0.1, 0.15) is 60.9 Å². The van der Waals surface area contributed by atoms with Crippen LogP contribution in [0, 0.1) is 17.8 Å². The van der Waals surface area contributed by atoms with Gasteiger partial charge in [0.15, 0.2) is 0 Å². The van der Waals surface area contributed by atoms with Gasteiger partial charge in [0.1, 0.15) is 5.75 Å². The minimum absolute atomic E-state index is 0.0281. The van der Waals surface area contributed by atoms with E-state index in [2.05, 4.69) is 10.6 Å². The number of benzene rings is 2. The Hall–Kier alpha value is -2.82. The van der Waals surface area contributed by atoms with Crippen LogP contribution in [0.2, 0.25) is 0 Å². The van der Waals surface area contributed by atoms with Crippen molar-refractivity contribution in [2.45, 2.75) is 57.0 Å². The second kappa shape index (κ2) is 8.97. The van der Waals surface area contributed by atoms with Gasteiger partial charge in [-0.25, -0.2) is 0 Å². The molecule has 5 nitrogen and oxygen atoms in total. The Morgan fingerprint density at radius 2 is 1.50 bits per heavy atom. The van der Waals surface area contributed by atoms with E-state index in [9.17, 15) is 9.59 Å². The molecule has 0 atom stereocenters. The van der Waals surface area contributed by atoms with Crippen LogP contribution < -0.4 is 15.4 Å². The molecule has 32 heavy (non-hydrogen) atoms. The summed E-state index contributed by atoms with van der Waals surface area (Å²) in [7, 11) is 0. The average molecular weight is 433 g/mol. The highest BCUT2D eigenvalue weighted by Crippen LogP contribution is 2.55. The molecule has 0 radical (unpaired) electrons. The number of amides is 2. The molecule has 2 N–H and O–H groups in total. The van der Waals surface area contributed by atoms with Crippen LogP contribution >= 0.6 is 0 Å². The van der Waals surface area contributed by atoms with Crippen molar-refractivity contribution in [1.29, 1.82) is 0 Å². The number of nitrogens with one attached hydrogen (secondary N) is 2. The summed E-state index contributed by atoms with van der Waals surface area (Å²) in [4.78, 5) is 25.0. The van der Waals surface area contributed by atoms with Crippen LogP contribution in [0.3, 0.4) is 0 Å². The van der Waals surface area contributed by atoms with Gasteiger partial charge in [-0.1, -0.05) is 30.3 Å². The van der Waals surface area contributed by atoms with Gasteiger partial charge < -0.3 is 15.4 Å². The molecule has 2 amide bonds. The number of carbonyl (C=O) groups excluding carboxylic acids is 2. The fourth-order valence-corrected chi connectivity index (χ4v) is 6.42. The minimum Gasteiger partial charge on any atom is -0.493 e. The SMILES string of the molecule is O=C(CCOc1ccccc1)NCc1ccc(C(=O)NC23CC4CC(CC(C4)C2)C3)cc1. The van der Waals surface area contributed by atoms with E-state index >= 15 is 0 Å². The quantitative estimate of drug-likeness (QED) is 0.647. The first-order chi connectivity index (χ1) is 15.6. The molecule has 5 heteroatoms. The standard InChI is InChI=1S/C27H32N2O3/c30-25(10-11-32-24-4-2-1-3-5-24)28-18-19-6-8-23(9-7-19)26(31)29-27-15-20-12-21(16-27)14-22(13-20)17-27/h1-9,20-22H,10-18H2,(H,28,30)(H,29,31). The van der Waals surface area contributed by atoms with Crippen molar-refractivity contribution in [2.24, 2.45) is 17.8 Å². The Labute approximate surface area is 189 Å². The Morgan fingerprint density at radius 1 is 0.875 bits per heavy atom. The summed E-state index contributed by atoms with van der Waals surface area (Å²) in [5, 5.41) is 6.34. The normalized spacial score (nSPS) is 27.7. The lowest BCUT2D eigenvalue weighted by atomic mass is 9.53. The smallest absolute Gasteiger partial charge is 0.251 e. The van der Waals surface area contributed by atoms with E-state index < -0.39 is 0 Å². The third-order valence-electron chi connectivity index (χ3n) is 7.46. The highest BCUT2D eigenvalue weighted by molar-refractivity contribution is 5.94. The second-order valence-electron chi connectivity index (χ2n) is 10.0. The molecule has 0 aromatic heterocycles. The molecule has 4 bridgehead atoms.